The standard InChI is InChI=1S/C36H36O2/c1-5-11-27-21-29(17-19-33(27)38-35-23-26-13-8-10-15-31(26)35)36(3,4)28-16-18-32(24(6-2)20-28)37-34-22-25-12-7-9-14-30(25)34/h5,7-10,12-21,34-35H,1,6,11,22-23H2,2-4H3. The molecule has 2 unspecified atom stereocenters. The summed E-state index contributed by atoms with van der Waals surface area (Å²) in [5.74, 6) is 1.96. The van der Waals surface area contributed by atoms with Crippen LogP contribution in [-0.4, -0.2) is 0 Å². The minimum Gasteiger partial charge on any atom is -0.485 e. The van der Waals surface area contributed by atoms with Gasteiger partial charge in [-0.15, -0.1) is 6.58 Å². The molecule has 0 saturated carbocycles. The summed E-state index contributed by atoms with van der Waals surface area (Å²) >= 11 is 0. The fourth-order valence-electron chi connectivity index (χ4n) is 5.87. The molecule has 6 rings (SSSR count). The van der Waals surface area contributed by atoms with Crippen molar-refractivity contribution in [2.75, 3.05) is 0 Å². The van der Waals surface area contributed by atoms with Gasteiger partial charge in [0.25, 0.3) is 0 Å². The fourth-order valence-corrected chi connectivity index (χ4v) is 5.87. The van der Waals surface area contributed by atoms with Gasteiger partial charge in [0.05, 0.1) is 0 Å². The molecule has 2 atom stereocenters. The highest BCUT2D eigenvalue weighted by atomic mass is 16.5. The second-order valence-corrected chi connectivity index (χ2v) is 11.1. The first-order chi connectivity index (χ1) is 18.5. The first-order valence-electron chi connectivity index (χ1n) is 13.8. The fraction of sp³-hybridized carbons (Fsp3) is 0.278. The topological polar surface area (TPSA) is 18.5 Å². The number of hydrogen-bond donors (Lipinski definition) is 0. The zero-order valence-electron chi connectivity index (χ0n) is 22.7. The number of aryl methyl sites for hydroxylation is 1. The van der Waals surface area contributed by atoms with Gasteiger partial charge >= 0.3 is 0 Å². The van der Waals surface area contributed by atoms with Crippen LogP contribution in [0.15, 0.2) is 97.6 Å². The van der Waals surface area contributed by atoms with Crippen LogP contribution >= 0.6 is 0 Å². The number of fused-ring (bicyclic) bond motifs is 2. The van der Waals surface area contributed by atoms with Crippen LogP contribution in [0.2, 0.25) is 0 Å². The summed E-state index contributed by atoms with van der Waals surface area (Å²) in [6.07, 6.45) is 5.93. The van der Waals surface area contributed by atoms with E-state index in [0.29, 0.717) is 0 Å². The molecule has 2 aliphatic rings. The maximum Gasteiger partial charge on any atom is 0.128 e. The Kier molecular flexibility index (Phi) is 6.35. The second-order valence-electron chi connectivity index (χ2n) is 11.1. The van der Waals surface area contributed by atoms with Gasteiger partial charge in [-0.05, 0) is 69.5 Å². The zero-order valence-corrected chi connectivity index (χ0v) is 22.7. The first kappa shape index (κ1) is 24.6. The number of allylic oxidation sites excluding steroid dienone is 1. The molecule has 4 aromatic carbocycles. The molecule has 38 heavy (non-hydrogen) atoms. The zero-order chi connectivity index (χ0) is 26.3. The lowest BCUT2D eigenvalue weighted by Gasteiger charge is -2.33. The van der Waals surface area contributed by atoms with Gasteiger partial charge < -0.3 is 9.47 Å². The number of benzene rings is 4. The van der Waals surface area contributed by atoms with Gasteiger partial charge in [0, 0.05) is 18.3 Å². The average molecular weight is 501 g/mol. The van der Waals surface area contributed by atoms with Gasteiger partial charge in [0.2, 0.25) is 0 Å². The smallest absolute Gasteiger partial charge is 0.128 e. The lowest BCUT2D eigenvalue weighted by molar-refractivity contribution is 0.179. The van der Waals surface area contributed by atoms with E-state index < -0.39 is 0 Å². The molecule has 192 valence electrons. The molecule has 0 N–H and O–H groups in total. The highest BCUT2D eigenvalue weighted by Crippen LogP contribution is 2.42. The largest absolute Gasteiger partial charge is 0.485 e. The van der Waals surface area contributed by atoms with Crippen molar-refractivity contribution in [1.82, 2.24) is 0 Å². The van der Waals surface area contributed by atoms with Gasteiger partial charge in [0.1, 0.15) is 23.7 Å². The molecule has 0 radical (unpaired) electrons. The van der Waals surface area contributed by atoms with Crippen LogP contribution in [0.3, 0.4) is 0 Å². The van der Waals surface area contributed by atoms with Crippen molar-refractivity contribution < 1.29 is 9.47 Å². The Morgan fingerprint density at radius 3 is 1.74 bits per heavy atom. The molecule has 0 spiro atoms. The van der Waals surface area contributed by atoms with Crippen molar-refractivity contribution in [1.29, 1.82) is 0 Å². The molecule has 0 amide bonds. The molecule has 0 heterocycles. The Hall–Kier alpha value is -3.78. The van der Waals surface area contributed by atoms with Crippen molar-refractivity contribution in [3.63, 3.8) is 0 Å². The van der Waals surface area contributed by atoms with Crippen LogP contribution in [0.1, 0.15) is 77.5 Å². The molecule has 4 aromatic rings. The predicted molar refractivity (Wildman–Crippen MR) is 155 cm³/mol. The van der Waals surface area contributed by atoms with Gasteiger partial charge in [-0.1, -0.05) is 99.6 Å². The molecule has 0 fully saturated rings. The first-order valence-corrected chi connectivity index (χ1v) is 13.8. The molecule has 0 aromatic heterocycles. The van der Waals surface area contributed by atoms with Gasteiger partial charge in [-0.2, -0.15) is 0 Å². The maximum atomic E-state index is 6.50. The van der Waals surface area contributed by atoms with Gasteiger partial charge in [-0.25, -0.2) is 0 Å². The maximum absolute atomic E-state index is 6.50. The van der Waals surface area contributed by atoms with E-state index in [1.54, 1.807) is 0 Å². The van der Waals surface area contributed by atoms with Crippen LogP contribution in [0.4, 0.5) is 0 Å². The van der Waals surface area contributed by atoms with Crippen LogP contribution in [0, 0.1) is 0 Å². The summed E-state index contributed by atoms with van der Waals surface area (Å²) in [4.78, 5) is 0. The SMILES string of the molecule is C=CCc1cc(C(C)(C)c2ccc(OC3Cc4ccccc43)c(CC)c2)ccc1OC1Cc2ccccc21. The van der Waals surface area contributed by atoms with Crippen molar-refractivity contribution in [2.24, 2.45) is 0 Å². The summed E-state index contributed by atoms with van der Waals surface area (Å²) in [5.41, 5.74) is 10.3. The molecular formula is C36H36O2. The predicted octanol–water partition coefficient (Wildman–Crippen LogP) is 8.66. The Morgan fingerprint density at radius 1 is 0.737 bits per heavy atom. The van der Waals surface area contributed by atoms with Gasteiger partial charge in [0.15, 0.2) is 0 Å². The van der Waals surface area contributed by atoms with Crippen LogP contribution in [-0.2, 0) is 31.1 Å². The quantitative estimate of drug-likeness (QED) is 0.214. The lowest BCUT2D eigenvalue weighted by Crippen LogP contribution is -2.24. The second kappa shape index (κ2) is 9.83. The number of hydrogen-bond acceptors (Lipinski definition) is 2. The van der Waals surface area contributed by atoms with Crippen molar-refractivity contribution in [3.8, 4) is 11.5 Å². The third-order valence-electron chi connectivity index (χ3n) is 8.46. The van der Waals surface area contributed by atoms with E-state index >= 15 is 0 Å². The molecule has 2 aliphatic carbocycles. The number of ether oxygens (including phenoxy) is 2. The third kappa shape index (κ3) is 4.32. The van der Waals surface area contributed by atoms with E-state index in [1.165, 1.54) is 44.5 Å². The third-order valence-corrected chi connectivity index (χ3v) is 8.46. The highest BCUT2D eigenvalue weighted by molar-refractivity contribution is 5.49. The molecule has 0 aliphatic heterocycles. The Morgan fingerprint density at radius 2 is 1.24 bits per heavy atom. The molecular weight excluding hydrogens is 464 g/mol. The van der Waals surface area contributed by atoms with Gasteiger partial charge in [-0.3, -0.25) is 0 Å². The summed E-state index contributed by atoms with van der Waals surface area (Å²) in [6, 6.07) is 30.6. The normalized spacial score (nSPS) is 17.4. The summed E-state index contributed by atoms with van der Waals surface area (Å²) < 4.78 is 13.0. The van der Waals surface area contributed by atoms with Crippen molar-refractivity contribution in [2.45, 2.75) is 64.1 Å². The van der Waals surface area contributed by atoms with Crippen molar-refractivity contribution >= 4 is 0 Å². The lowest BCUT2D eigenvalue weighted by atomic mass is 9.76. The summed E-state index contributed by atoms with van der Waals surface area (Å²) in [5, 5.41) is 0. The summed E-state index contributed by atoms with van der Waals surface area (Å²) in [7, 11) is 0. The van der Waals surface area contributed by atoms with Crippen LogP contribution in [0.25, 0.3) is 0 Å². The van der Waals surface area contributed by atoms with Crippen molar-refractivity contribution in [3.05, 3.63) is 142 Å². The molecule has 0 saturated heterocycles. The average Bonchev–Trinajstić information content (AvgIpc) is 2.91. The van der Waals surface area contributed by atoms with E-state index in [9.17, 15) is 0 Å². The highest BCUT2D eigenvalue weighted by Gasteiger charge is 2.30. The Balaban J connectivity index is 1.24. The van der Waals surface area contributed by atoms with E-state index in [1.807, 2.05) is 6.08 Å². The molecule has 2 heteroatoms. The van der Waals surface area contributed by atoms with Crippen LogP contribution in [0.5, 0.6) is 11.5 Å². The van der Waals surface area contributed by atoms with E-state index in [4.69, 9.17) is 9.47 Å². The van der Waals surface area contributed by atoms with E-state index in [-0.39, 0.29) is 17.6 Å². The monoisotopic (exact) mass is 500 g/mol. The molecule has 2 nitrogen and oxygen atoms in total. The van der Waals surface area contributed by atoms with E-state index in [2.05, 4.69) is 112 Å². The number of rotatable bonds is 9. The molecule has 0 bridgehead atoms. The van der Waals surface area contributed by atoms with Crippen LogP contribution < -0.4 is 9.47 Å². The van der Waals surface area contributed by atoms with E-state index in [0.717, 1.165) is 37.2 Å². The minimum atomic E-state index is -0.164. The summed E-state index contributed by atoms with van der Waals surface area (Å²) in [6.45, 7) is 10.8. The Labute approximate surface area is 227 Å². The Bertz CT molecular complexity index is 1500. The minimum absolute atomic E-state index is 0.135.